The topological polar surface area (TPSA) is 33.3 Å². The summed E-state index contributed by atoms with van der Waals surface area (Å²) >= 11 is 1.27. The van der Waals surface area contributed by atoms with Gasteiger partial charge in [-0.25, -0.2) is 4.72 Å². The van der Waals surface area contributed by atoms with Crippen LogP contribution in [-0.4, -0.2) is 13.1 Å². The third kappa shape index (κ3) is 5.68. The molecule has 1 aromatic carbocycles. The maximum atomic E-state index is 5.45. The van der Waals surface area contributed by atoms with Gasteiger partial charge < -0.3 is 9.50 Å². The first-order valence-corrected chi connectivity index (χ1v) is 6.03. The first-order chi connectivity index (χ1) is 7.83. The van der Waals surface area contributed by atoms with E-state index in [1.54, 1.807) is 0 Å². The minimum atomic E-state index is 0.373. The van der Waals surface area contributed by atoms with E-state index in [1.807, 2.05) is 43.6 Å². The monoisotopic (exact) mass is 238 g/mol. The van der Waals surface area contributed by atoms with E-state index in [0.29, 0.717) is 6.04 Å². The van der Waals surface area contributed by atoms with E-state index < -0.39 is 0 Å². The van der Waals surface area contributed by atoms with Crippen LogP contribution in [0.1, 0.15) is 13.3 Å². The lowest BCUT2D eigenvalue weighted by atomic mass is 10.2. The SMILES string of the molecule is CN/C=C/CC(C)NSOc1ccccc1. The van der Waals surface area contributed by atoms with Gasteiger partial charge in [0, 0.05) is 13.1 Å². The second kappa shape index (κ2) is 8.07. The van der Waals surface area contributed by atoms with Crippen molar-refractivity contribution in [2.75, 3.05) is 7.05 Å². The molecule has 1 atom stereocenters. The van der Waals surface area contributed by atoms with Crippen LogP contribution < -0.4 is 14.2 Å². The van der Waals surface area contributed by atoms with Crippen LogP contribution in [0.3, 0.4) is 0 Å². The first-order valence-electron chi connectivity index (χ1n) is 5.29. The van der Waals surface area contributed by atoms with Crippen LogP contribution >= 0.6 is 12.2 Å². The average molecular weight is 238 g/mol. The standard InChI is InChI=1S/C12H18N2OS/c1-11(7-6-10-13-2)14-16-15-12-8-4-3-5-9-12/h3-6,8-11,13-14H,7H2,1-2H3/b10-6+. The Kier molecular flexibility index (Phi) is 6.53. The molecule has 4 heteroatoms. The van der Waals surface area contributed by atoms with Gasteiger partial charge in [0.05, 0.1) is 0 Å². The molecule has 2 N–H and O–H groups in total. The van der Waals surface area contributed by atoms with Gasteiger partial charge in [0.15, 0.2) is 0 Å². The minimum absolute atomic E-state index is 0.373. The molecule has 0 aromatic heterocycles. The van der Waals surface area contributed by atoms with Crippen molar-refractivity contribution >= 4 is 12.2 Å². The fourth-order valence-corrected chi connectivity index (χ4v) is 1.58. The lowest BCUT2D eigenvalue weighted by Gasteiger charge is -2.10. The summed E-state index contributed by atoms with van der Waals surface area (Å²) in [6, 6.07) is 10.1. The number of nitrogens with one attached hydrogen (secondary N) is 2. The Balaban J connectivity index is 2.13. The molecule has 16 heavy (non-hydrogen) atoms. The summed E-state index contributed by atoms with van der Waals surface area (Å²) in [6.45, 7) is 2.11. The Morgan fingerprint density at radius 2 is 2.12 bits per heavy atom. The minimum Gasteiger partial charge on any atom is -0.410 e. The lowest BCUT2D eigenvalue weighted by molar-refractivity contribution is 0.610. The molecule has 0 aliphatic heterocycles. The van der Waals surface area contributed by atoms with Gasteiger partial charge in [-0.15, -0.1) is 0 Å². The predicted molar refractivity (Wildman–Crippen MR) is 70.1 cm³/mol. The average Bonchev–Trinajstić information content (AvgIpc) is 2.31. The highest BCUT2D eigenvalue weighted by Crippen LogP contribution is 2.13. The summed E-state index contributed by atoms with van der Waals surface area (Å²) in [7, 11) is 1.89. The molecular weight excluding hydrogens is 220 g/mol. The molecular formula is C12H18N2OS. The molecule has 0 amide bonds. The van der Waals surface area contributed by atoms with Crippen molar-refractivity contribution in [3.8, 4) is 5.75 Å². The van der Waals surface area contributed by atoms with Crippen molar-refractivity contribution in [3.05, 3.63) is 42.6 Å². The van der Waals surface area contributed by atoms with Gasteiger partial charge in [-0.2, -0.15) is 0 Å². The Morgan fingerprint density at radius 3 is 2.81 bits per heavy atom. The van der Waals surface area contributed by atoms with E-state index in [-0.39, 0.29) is 0 Å². The van der Waals surface area contributed by atoms with Crippen LogP contribution in [-0.2, 0) is 0 Å². The number of hydrogen-bond donors (Lipinski definition) is 2. The third-order valence-corrected chi connectivity index (χ3v) is 2.68. The highest BCUT2D eigenvalue weighted by molar-refractivity contribution is 7.93. The van der Waals surface area contributed by atoms with Gasteiger partial charge in [0.2, 0.25) is 0 Å². The summed E-state index contributed by atoms with van der Waals surface area (Å²) in [5.41, 5.74) is 0. The fraction of sp³-hybridized carbons (Fsp3) is 0.333. The molecule has 0 bridgehead atoms. The zero-order valence-corrected chi connectivity index (χ0v) is 10.5. The van der Waals surface area contributed by atoms with Gasteiger partial charge in [0.25, 0.3) is 0 Å². The Hall–Kier alpha value is -1.13. The van der Waals surface area contributed by atoms with E-state index >= 15 is 0 Å². The summed E-state index contributed by atoms with van der Waals surface area (Å²) in [5, 5.41) is 2.96. The number of para-hydroxylation sites is 1. The predicted octanol–water partition coefficient (Wildman–Crippen LogP) is 2.73. The zero-order chi connectivity index (χ0) is 11.6. The van der Waals surface area contributed by atoms with Crippen molar-refractivity contribution < 1.29 is 4.18 Å². The van der Waals surface area contributed by atoms with E-state index in [9.17, 15) is 0 Å². The number of hydrogen-bond acceptors (Lipinski definition) is 4. The normalized spacial score (nSPS) is 12.6. The van der Waals surface area contributed by atoms with E-state index in [2.05, 4.69) is 23.0 Å². The second-order valence-corrected chi connectivity index (χ2v) is 3.99. The lowest BCUT2D eigenvalue weighted by Crippen LogP contribution is -2.19. The van der Waals surface area contributed by atoms with Crippen molar-refractivity contribution in [1.29, 1.82) is 0 Å². The van der Waals surface area contributed by atoms with E-state index in [4.69, 9.17) is 4.18 Å². The molecule has 0 saturated heterocycles. The van der Waals surface area contributed by atoms with Crippen LogP contribution in [0.4, 0.5) is 0 Å². The molecule has 0 spiro atoms. The molecule has 0 heterocycles. The molecule has 0 aliphatic rings. The summed E-state index contributed by atoms with van der Waals surface area (Å²) in [6.07, 6.45) is 4.98. The third-order valence-electron chi connectivity index (χ3n) is 1.90. The molecule has 0 radical (unpaired) electrons. The van der Waals surface area contributed by atoms with Crippen LogP contribution in [0.5, 0.6) is 5.75 Å². The van der Waals surface area contributed by atoms with Crippen molar-refractivity contribution in [2.45, 2.75) is 19.4 Å². The number of benzene rings is 1. The second-order valence-electron chi connectivity index (χ2n) is 3.43. The Bertz CT molecular complexity index is 303. The summed E-state index contributed by atoms with van der Waals surface area (Å²) < 4.78 is 8.65. The molecule has 0 aliphatic carbocycles. The smallest absolute Gasteiger partial charge is 0.143 e. The van der Waals surface area contributed by atoms with Crippen LogP contribution in [0.15, 0.2) is 42.6 Å². The van der Waals surface area contributed by atoms with Crippen molar-refractivity contribution in [3.63, 3.8) is 0 Å². The summed E-state index contributed by atoms with van der Waals surface area (Å²) in [5.74, 6) is 0.859. The van der Waals surface area contributed by atoms with Gasteiger partial charge in [-0.05, 0) is 31.7 Å². The molecule has 88 valence electrons. The van der Waals surface area contributed by atoms with Crippen LogP contribution in [0.25, 0.3) is 0 Å². The molecule has 1 unspecified atom stereocenters. The molecule has 0 fully saturated rings. The van der Waals surface area contributed by atoms with E-state index in [1.165, 1.54) is 12.2 Å². The highest BCUT2D eigenvalue weighted by atomic mass is 32.2. The Morgan fingerprint density at radius 1 is 1.38 bits per heavy atom. The largest absolute Gasteiger partial charge is 0.410 e. The maximum absolute atomic E-state index is 5.45. The summed E-state index contributed by atoms with van der Waals surface area (Å²) in [4.78, 5) is 0. The van der Waals surface area contributed by atoms with E-state index in [0.717, 1.165) is 12.2 Å². The zero-order valence-electron chi connectivity index (χ0n) is 9.64. The van der Waals surface area contributed by atoms with Crippen LogP contribution in [0, 0.1) is 0 Å². The van der Waals surface area contributed by atoms with Crippen LogP contribution in [0.2, 0.25) is 0 Å². The molecule has 3 nitrogen and oxygen atoms in total. The fourth-order valence-electron chi connectivity index (χ4n) is 1.07. The first kappa shape index (κ1) is 12.9. The highest BCUT2D eigenvalue weighted by Gasteiger charge is 1.99. The maximum Gasteiger partial charge on any atom is 0.143 e. The molecule has 0 saturated carbocycles. The van der Waals surface area contributed by atoms with Crippen molar-refractivity contribution in [1.82, 2.24) is 10.0 Å². The van der Waals surface area contributed by atoms with Crippen molar-refractivity contribution in [2.24, 2.45) is 0 Å². The molecule has 1 aromatic rings. The molecule has 1 rings (SSSR count). The van der Waals surface area contributed by atoms with Gasteiger partial charge in [-0.1, -0.05) is 24.3 Å². The van der Waals surface area contributed by atoms with Gasteiger partial charge in [0.1, 0.15) is 18.0 Å². The van der Waals surface area contributed by atoms with Gasteiger partial charge >= 0.3 is 0 Å². The Labute approximate surface area is 102 Å². The quantitative estimate of drug-likeness (QED) is 0.565. The van der Waals surface area contributed by atoms with Gasteiger partial charge in [-0.3, -0.25) is 0 Å². The number of rotatable bonds is 7.